The van der Waals surface area contributed by atoms with Gasteiger partial charge in [0.2, 0.25) is 0 Å². The number of rotatable bonds is 7. The van der Waals surface area contributed by atoms with Crippen molar-refractivity contribution in [1.29, 1.82) is 0 Å². The van der Waals surface area contributed by atoms with Gasteiger partial charge in [-0.25, -0.2) is 0 Å². The first-order valence-corrected chi connectivity index (χ1v) is 10.9. The zero-order valence-electron chi connectivity index (χ0n) is 16.8. The number of ether oxygens (including phenoxy) is 1. The number of hydrogen-bond acceptors (Lipinski definition) is 3. The molecule has 0 heterocycles. The molecule has 29 heavy (non-hydrogen) atoms. The minimum Gasteiger partial charge on any atom is -0.494 e. The lowest BCUT2D eigenvalue weighted by Gasteiger charge is -2.13. The number of anilines is 1. The summed E-state index contributed by atoms with van der Waals surface area (Å²) >= 11 is 7.88. The van der Waals surface area contributed by atoms with Crippen LogP contribution in [0.1, 0.15) is 34.0 Å². The fraction of sp³-hybridized carbons (Fsp3) is 0.208. The van der Waals surface area contributed by atoms with Crippen molar-refractivity contribution in [3.05, 3.63) is 87.9 Å². The molecular formula is C24H24ClNO2S. The molecule has 0 aliphatic heterocycles. The largest absolute Gasteiger partial charge is 0.494 e. The topological polar surface area (TPSA) is 38.3 Å². The number of amides is 1. The summed E-state index contributed by atoms with van der Waals surface area (Å²) in [5.74, 6) is 1.36. The monoisotopic (exact) mass is 425 g/mol. The Morgan fingerprint density at radius 2 is 1.83 bits per heavy atom. The molecule has 150 valence electrons. The number of benzene rings is 3. The molecule has 0 unspecified atom stereocenters. The van der Waals surface area contributed by atoms with Crippen molar-refractivity contribution >= 4 is 35.0 Å². The second-order valence-corrected chi connectivity index (χ2v) is 8.18. The number of hydrogen-bond donors (Lipinski definition) is 1. The van der Waals surface area contributed by atoms with Crippen molar-refractivity contribution in [2.45, 2.75) is 31.4 Å². The molecule has 3 rings (SSSR count). The van der Waals surface area contributed by atoms with Gasteiger partial charge in [0.15, 0.2) is 0 Å². The normalized spacial score (nSPS) is 10.6. The Kier molecular flexibility index (Phi) is 7.24. The van der Waals surface area contributed by atoms with Crippen LogP contribution < -0.4 is 10.1 Å². The van der Waals surface area contributed by atoms with Gasteiger partial charge in [0, 0.05) is 32.5 Å². The predicted octanol–water partition coefficient (Wildman–Crippen LogP) is 6.90. The first kappa shape index (κ1) is 21.3. The standard InChI is InChI=1S/C24H24ClNO2S/c1-4-28-23-13-10-18(24(27)26-22-7-5-6-21(25)17(22)3)14-19(23)15-29-20-11-8-16(2)9-12-20/h5-14H,4,15H2,1-3H3,(H,26,27). The number of aryl methyl sites for hydroxylation is 1. The van der Waals surface area contributed by atoms with Gasteiger partial charge in [0.25, 0.3) is 5.91 Å². The van der Waals surface area contributed by atoms with Crippen molar-refractivity contribution in [2.75, 3.05) is 11.9 Å². The maximum Gasteiger partial charge on any atom is 0.255 e. The fourth-order valence-electron chi connectivity index (χ4n) is 2.86. The zero-order valence-corrected chi connectivity index (χ0v) is 18.4. The number of nitrogens with one attached hydrogen (secondary N) is 1. The summed E-state index contributed by atoms with van der Waals surface area (Å²) in [5, 5.41) is 3.58. The number of carbonyl (C=O) groups excluding carboxylic acids is 1. The van der Waals surface area contributed by atoms with E-state index in [0.717, 1.165) is 22.6 Å². The molecule has 5 heteroatoms. The third-order valence-electron chi connectivity index (χ3n) is 4.55. The maximum atomic E-state index is 12.8. The molecule has 3 aromatic rings. The van der Waals surface area contributed by atoms with Crippen LogP contribution in [0.4, 0.5) is 5.69 Å². The lowest BCUT2D eigenvalue weighted by atomic mass is 10.1. The van der Waals surface area contributed by atoms with Crippen molar-refractivity contribution in [3.63, 3.8) is 0 Å². The minimum absolute atomic E-state index is 0.167. The van der Waals surface area contributed by atoms with Crippen LogP contribution in [0.5, 0.6) is 5.75 Å². The van der Waals surface area contributed by atoms with E-state index in [9.17, 15) is 4.79 Å². The van der Waals surface area contributed by atoms with Crippen LogP contribution in [0, 0.1) is 13.8 Å². The van der Waals surface area contributed by atoms with E-state index in [1.807, 2.05) is 44.2 Å². The van der Waals surface area contributed by atoms with Crippen LogP contribution in [0.3, 0.4) is 0 Å². The molecule has 3 aromatic carbocycles. The van der Waals surface area contributed by atoms with Crippen molar-refractivity contribution in [2.24, 2.45) is 0 Å². The first-order valence-electron chi connectivity index (χ1n) is 9.49. The van der Waals surface area contributed by atoms with E-state index in [4.69, 9.17) is 16.3 Å². The Morgan fingerprint density at radius 3 is 2.55 bits per heavy atom. The summed E-state index contributed by atoms with van der Waals surface area (Å²) < 4.78 is 5.77. The Morgan fingerprint density at radius 1 is 1.07 bits per heavy atom. The van der Waals surface area contributed by atoms with Crippen LogP contribution >= 0.6 is 23.4 Å². The number of thioether (sulfide) groups is 1. The molecule has 0 aliphatic rings. The number of carbonyl (C=O) groups is 1. The smallest absolute Gasteiger partial charge is 0.255 e. The summed E-state index contributed by atoms with van der Waals surface area (Å²) in [6.07, 6.45) is 0. The Labute approximate surface area is 181 Å². The van der Waals surface area contributed by atoms with Crippen molar-refractivity contribution < 1.29 is 9.53 Å². The van der Waals surface area contributed by atoms with E-state index in [1.54, 1.807) is 17.8 Å². The average molecular weight is 426 g/mol. The summed E-state index contributed by atoms with van der Waals surface area (Å²) in [7, 11) is 0. The van der Waals surface area contributed by atoms with E-state index in [-0.39, 0.29) is 5.91 Å². The SMILES string of the molecule is CCOc1ccc(C(=O)Nc2cccc(Cl)c2C)cc1CSc1ccc(C)cc1. The lowest BCUT2D eigenvalue weighted by molar-refractivity contribution is 0.102. The zero-order chi connectivity index (χ0) is 20.8. The van der Waals surface area contributed by atoms with Gasteiger partial charge in [-0.05, 0) is 68.8 Å². The van der Waals surface area contributed by atoms with E-state index in [1.165, 1.54) is 10.5 Å². The third-order valence-corrected chi connectivity index (χ3v) is 6.02. The number of halogens is 1. The second-order valence-electron chi connectivity index (χ2n) is 6.72. The summed E-state index contributed by atoms with van der Waals surface area (Å²) in [4.78, 5) is 14.0. The molecule has 3 nitrogen and oxygen atoms in total. The Balaban J connectivity index is 1.80. The van der Waals surface area contributed by atoms with E-state index < -0.39 is 0 Å². The molecule has 0 radical (unpaired) electrons. The van der Waals surface area contributed by atoms with E-state index in [0.29, 0.717) is 22.9 Å². The summed E-state index contributed by atoms with van der Waals surface area (Å²) in [5.41, 5.74) is 4.38. The molecule has 0 atom stereocenters. The first-order chi connectivity index (χ1) is 14.0. The highest BCUT2D eigenvalue weighted by Crippen LogP contribution is 2.30. The quantitative estimate of drug-likeness (QED) is 0.418. The van der Waals surface area contributed by atoms with Gasteiger partial charge in [-0.15, -0.1) is 11.8 Å². The van der Waals surface area contributed by atoms with Crippen LogP contribution in [-0.4, -0.2) is 12.5 Å². The van der Waals surface area contributed by atoms with Gasteiger partial charge in [-0.2, -0.15) is 0 Å². The maximum absolute atomic E-state index is 12.8. The molecule has 0 aromatic heterocycles. The molecule has 0 bridgehead atoms. The third kappa shape index (κ3) is 5.55. The van der Waals surface area contributed by atoms with E-state index in [2.05, 4.69) is 36.5 Å². The van der Waals surface area contributed by atoms with Crippen molar-refractivity contribution in [1.82, 2.24) is 0 Å². The van der Waals surface area contributed by atoms with Crippen LogP contribution in [0.25, 0.3) is 0 Å². The molecule has 0 saturated carbocycles. The highest BCUT2D eigenvalue weighted by Gasteiger charge is 2.13. The van der Waals surface area contributed by atoms with Gasteiger partial charge in [0.05, 0.1) is 6.61 Å². The summed E-state index contributed by atoms with van der Waals surface area (Å²) in [6, 6.07) is 19.5. The molecule has 0 fully saturated rings. The van der Waals surface area contributed by atoms with Gasteiger partial charge in [-0.1, -0.05) is 35.4 Å². The van der Waals surface area contributed by atoms with Gasteiger partial charge in [-0.3, -0.25) is 4.79 Å². The average Bonchev–Trinajstić information content (AvgIpc) is 2.72. The minimum atomic E-state index is -0.167. The Hall–Kier alpha value is -2.43. The predicted molar refractivity (Wildman–Crippen MR) is 122 cm³/mol. The highest BCUT2D eigenvalue weighted by molar-refractivity contribution is 7.98. The van der Waals surface area contributed by atoms with Gasteiger partial charge < -0.3 is 10.1 Å². The Bertz CT molecular complexity index is 1000. The molecule has 1 amide bonds. The highest BCUT2D eigenvalue weighted by atomic mass is 35.5. The molecule has 1 N–H and O–H groups in total. The summed E-state index contributed by atoms with van der Waals surface area (Å²) in [6.45, 7) is 6.50. The second kappa shape index (κ2) is 9.86. The molecular weight excluding hydrogens is 402 g/mol. The molecule has 0 spiro atoms. The van der Waals surface area contributed by atoms with Gasteiger partial charge in [0.1, 0.15) is 5.75 Å². The lowest BCUT2D eigenvalue weighted by Crippen LogP contribution is -2.13. The van der Waals surface area contributed by atoms with Crippen LogP contribution in [0.2, 0.25) is 5.02 Å². The molecule has 0 saturated heterocycles. The van der Waals surface area contributed by atoms with Crippen LogP contribution in [0.15, 0.2) is 65.6 Å². The van der Waals surface area contributed by atoms with Crippen LogP contribution in [-0.2, 0) is 5.75 Å². The molecule has 0 aliphatic carbocycles. The van der Waals surface area contributed by atoms with E-state index >= 15 is 0 Å². The van der Waals surface area contributed by atoms with Crippen molar-refractivity contribution in [3.8, 4) is 5.75 Å². The fourth-order valence-corrected chi connectivity index (χ4v) is 3.91. The van der Waals surface area contributed by atoms with Gasteiger partial charge >= 0.3 is 0 Å².